The van der Waals surface area contributed by atoms with Gasteiger partial charge in [-0.25, -0.2) is 9.78 Å². The summed E-state index contributed by atoms with van der Waals surface area (Å²) in [6.07, 6.45) is 2.97. The molecule has 0 saturated carbocycles. The lowest BCUT2D eigenvalue weighted by molar-refractivity contribution is 0.0593. The largest absolute Gasteiger partial charge is 0.464 e. The first kappa shape index (κ1) is 17.1. The van der Waals surface area contributed by atoms with Crippen LogP contribution in [-0.4, -0.2) is 42.0 Å². The van der Waals surface area contributed by atoms with E-state index in [4.69, 9.17) is 0 Å². The summed E-state index contributed by atoms with van der Waals surface area (Å²) in [6.45, 7) is 1.41. The Bertz CT molecular complexity index is 746. The number of carbonyl (C=O) groups is 2. The molecule has 0 N–H and O–H groups in total. The number of methoxy groups -OCH3 is 1. The van der Waals surface area contributed by atoms with Crippen LogP contribution in [0, 0.1) is 0 Å². The molecule has 2 aromatic rings. The molecule has 1 unspecified atom stereocenters. The van der Waals surface area contributed by atoms with Gasteiger partial charge in [0.2, 0.25) is 0 Å². The van der Waals surface area contributed by atoms with E-state index in [1.807, 2.05) is 11.0 Å². The first-order valence-electron chi connectivity index (χ1n) is 8.58. The first-order chi connectivity index (χ1) is 12.2. The molecular weight excluding hydrogens is 316 g/mol. The average molecular weight is 338 g/mol. The lowest BCUT2D eigenvalue weighted by Crippen LogP contribution is -2.32. The molecular formula is C20H22N2O3. The van der Waals surface area contributed by atoms with Gasteiger partial charge in [-0.3, -0.25) is 4.79 Å². The number of likely N-dealkylation sites (tertiary alicyclic amines) is 1. The van der Waals surface area contributed by atoms with Crippen LogP contribution in [0.1, 0.15) is 51.7 Å². The number of hydrogen-bond donors (Lipinski definition) is 0. The second kappa shape index (κ2) is 7.92. The molecule has 0 bridgehead atoms. The summed E-state index contributed by atoms with van der Waals surface area (Å²) in [7, 11) is 1.30. The van der Waals surface area contributed by atoms with Gasteiger partial charge in [-0.05, 0) is 42.9 Å². The Morgan fingerprint density at radius 2 is 1.76 bits per heavy atom. The van der Waals surface area contributed by atoms with Crippen LogP contribution >= 0.6 is 0 Å². The molecule has 130 valence electrons. The summed E-state index contributed by atoms with van der Waals surface area (Å²) in [5, 5.41) is 0. The fraction of sp³-hybridized carbons (Fsp3) is 0.350. The zero-order valence-electron chi connectivity index (χ0n) is 14.4. The number of ether oxygens (including phenoxy) is 1. The fourth-order valence-corrected chi connectivity index (χ4v) is 3.29. The molecule has 25 heavy (non-hydrogen) atoms. The molecule has 5 nitrogen and oxygen atoms in total. The first-order valence-corrected chi connectivity index (χ1v) is 8.58. The van der Waals surface area contributed by atoms with E-state index in [1.165, 1.54) is 12.7 Å². The molecule has 5 heteroatoms. The molecule has 0 aliphatic carbocycles. The summed E-state index contributed by atoms with van der Waals surface area (Å²) in [5.41, 5.74) is 1.79. The topological polar surface area (TPSA) is 59.5 Å². The number of amides is 1. The Morgan fingerprint density at radius 3 is 2.52 bits per heavy atom. The van der Waals surface area contributed by atoms with E-state index in [1.54, 1.807) is 18.2 Å². The predicted molar refractivity (Wildman–Crippen MR) is 94.5 cm³/mol. The van der Waals surface area contributed by atoms with Crippen molar-refractivity contribution in [2.24, 2.45) is 0 Å². The van der Waals surface area contributed by atoms with Crippen molar-refractivity contribution in [3.8, 4) is 0 Å². The van der Waals surface area contributed by atoms with Crippen molar-refractivity contribution in [2.75, 3.05) is 20.2 Å². The zero-order chi connectivity index (χ0) is 17.6. The van der Waals surface area contributed by atoms with Gasteiger partial charge in [0, 0.05) is 13.1 Å². The van der Waals surface area contributed by atoms with Crippen LogP contribution in [0.25, 0.3) is 0 Å². The lowest BCUT2D eigenvalue weighted by Gasteiger charge is -2.20. The summed E-state index contributed by atoms with van der Waals surface area (Å²) in [4.78, 5) is 30.4. The monoisotopic (exact) mass is 338 g/mol. The average Bonchev–Trinajstić information content (AvgIpc) is 2.94. The van der Waals surface area contributed by atoms with E-state index in [0.717, 1.165) is 19.3 Å². The number of benzene rings is 1. The van der Waals surface area contributed by atoms with Crippen LogP contribution in [0.15, 0.2) is 48.5 Å². The minimum absolute atomic E-state index is 0.125. The lowest BCUT2D eigenvalue weighted by atomic mass is 9.92. The van der Waals surface area contributed by atoms with Crippen molar-refractivity contribution < 1.29 is 14.3 Å². The van der Waals surface area contributed by atoms with Crippen LogP contribution in [0.3, 0.4) is 0 Å². The fourth-order valence-electron chi connectivity index (χ4n) is 3.29. The Morgan fingerprint density at radius 1 is 1.00 bits per heavy atom. The summed E-state index contributed by atoms with van der Waals surface area (Å²) in [6, 6.07) is 15.3. The number of esters is 1. The number of pyridine rings is 1. The quantitative estimate of drug-likeness (QED) is 0.806. The van der Waals surface area contributed by atoms with Gasteiger partial charge in [0.05, 0.1) is 7.11 Å². The number of nitrogens with zero attached hydrogens (tertiary/aromatic N) is 2. The molecule has 1 aromatic heterocycles. The third-order valence-electron chi connectivity index (χ3n) is 4.65. The van der Waals surface area contributed by atoms with Gasteiger partial charge in [0.15, 0.2) is 0 Å². The van der Waals surface area contributed by atoms with E-state index in [-0.39, 0.29) is 11.6 Å². The Kier molecular flexibility index (Phi) is 5.43. The van der Waals surface area contributed by atoms with Gasteiger partial charge >= 0.3 is 5.97 Å². The minimum Gasteiger partial charge on any atom is -0.464 e. The second-order valence-electron chi connectivity index (χ2n) is 6.23. The van der Waals surface area contributed by atoms with E-state index in [9.17, 15) is 9.59 Å². The van der Waals surface area contributed by atoms with Crippen LogP contribution in [0.5, 0.6) is 0 Å². The van der Waals surface area contributed by atoms with Crippen molar-refractivity contribution >= 4 is 11.9 Å². The molecule has 1 fully saturated rings. The summed E-state index contributed by atoms with van der Waals surface area (Å²) < 4.78 is 4.67. The molecule has 0 spiro atoms. The summed E-state index contributed by atoms with van der Waals surface area (Å²) in [5.74, 6) is -0.178. The van der Waals surface area contributed by atoms with Crippen LogP contribution in [0.2, 0.25) is 0 Å². The van der Waals surface area contributed by atoms with Crippen molar-refractivity contribution in [2.45, 2.75) is 25.2 Å². The zero-order valence-corrected chi connectivity index (χ0v) is 14.4. The predicted octanol–water partition coefficient (Wildman–Crippen LogP) is 3.28. The maximum atomic E-state index is 12.8. The highest BCUT2D eigenvalue weighted by atomic mass is 16.5. The van der Waals surface area contributed by atoms with Crippen molar-refractivity contribution in [3.05, 3.63) is 65.5 Å². The minimum atomic E-state index is -0.533. The van der Waals surface area contributed by atoms with E-state index >= 15 is 0 Å². The number of hydrogen-bond acceptors (Lipinski definition) is 4. The van der Waals surface area contributed by atoms with Crippen LogP contribution in [0.4, 0.5) is 0 Å². The van der Waals surface area contributed by atoms with Crippen molar-refractivity contribution in [1.29, 1.82) is 0 Å². The van der Waals surface area contributed by atoms with Crippen LogP contribution < -0.4 is 0 Å². The van der Waals surface area contributed by atoms with Crippen molar-refractivity contribution in [1.82, 2.24) is 9.88 Å². The summed E-state index contributed by atoms with van der Waals surface area (Å²) >= 11 is 0. The van der Waals surface area contributed by atoms with E-state index in [0.29, 0.717) is 24.7 Å². The highest BCUT2D eigenvalue weighted by Crippen LogP contribution is 2.28. The molecule has 0 radical (unpaired) electrons. The third-order valence-corrected chi connectivity index (χ3v) is 4.65. The second-order valence-corrected chi connectivity index (χ2v) is 6.23. The smallest absolute Gasteiger partial charge is 0.356 e. The van der Waals surface area contributed by atoms with Gasteiger partial charge in [0.1, 0.15) is 11.4 Å². The van der Waals surface area contributed by atoms with E-state index < -0.39 is 5.97 Å². The standard InChI is InChI=1S/C20H22N2O3/c1-25-20(24)18-11-5-10-17(21-18)19(23)22-13-6-9-16(12-14-22)15-7-3-2-4-8-15/h2-5,7-8,10-11,16H,6,9,12-14H2,1H3. The molecule has 1 aliphatic heterocycles. The third kappa shape index (κ3) is 4.05. The molecule has 1 amide bonds. The van der Waals surface area contributed by atoms with Gasteiger partial charge in [-0.15, -0.1) is 0 Å². The van der Waals surface area contributed by atoms with Crippen molar-refractivity contribution in [3.63, 3.8) is 0 Å². The molecule has 1 saturated heterocycles. The highest BCUT2D eigenvalue weighted by molar-refractivity contribution is 5.94. The number of aromatic nitrogens is 1. The van der Waals surface area contributed by atoms with Gasteiger partial charge in [-0.2, -0.15) is 0 Å². The maximum absolute atomic E-state index is 12.8. The Hall–Kier alpha value is -2.69. The number of rotatable bonds is 3. The van der Waals surface area contributed by atoms with Gasteiger partial charge < -0.3 is 9.64 Å². The normalized spacial score (nSPS) is 17.6. The Labute approximate surface area is 147 Å². The Balaban J connectivity index is 1.70. The van der Waals surface area contributed by atoms with Gasteiger partial charge in [0.25, 0.3) is 5.91 Å². The van der Waals surface area contributed by atoms with E-state index in [2.05, 4.69) is 34.0 Å². The van der Waals surface area contributed by atoms with Crippen LogP contribution in [-0.2, 0) is 4.74 Å². The maximum Gasteiger partial charge on any atom is 0.356 e. The SMILES string of the molecule is COC(=O)c1cccc(C(=O)N2CCCC(c3ccccc3)CC2)n1. The molecule has 1 atom stereocenters. The number of carbonyl (C=O) groups excluding carboxylic acids is 2. The molecule has 3 rings (SSSR count). The molecule has 1 aromatic carbocycles. The highest BCUT2D eigenvalue weighted by Gasteiger charge is 2.23. The molecule has 1 aliphatic rings. The molecule has 2 heterocycles. The van der Waals surface area contributed by atoms with Gasteiger partial charge in [-0.1, -0.05) is 36.4 Å².